The number of hydrogen-bond acceptors (Lipinski definition) is 4. The minimum Gasteiger partial charge on any atom is -0.497 e. The lowest BCUT2D eigenvalue weighted by Gasteiger charge is -2.30. The Bertz CT molecular complexity index is 972. The maximum atomic E-state index is 12.8. The number of hydrazone groups is 1. The van der Waals surface area contributed by atoms with Crippen molar-refractivity contribution in [3.05, 3.63) is 65.2 Å². The van der Waals surface area contributed by atoms with Crippen LogP contribution in [0.3, 0.4) is 0 Å². The zero-order valence-electron chi connectivity index (χ0n) is 15.3. The minimum absolute atomic E-state index is 0.00307. The summed E-state index contributed by atoms with van der Waals surface area (Å²) in [5, 5.41) is 11.1. The van der Waals surface area contributed by atoms with Crippen molar-refractivity contribution < 1.29 is 14.3 Å². The molecule has 4 bridgehead atoms. The molecule has 2 N–H and O–H groups in total. The highest BCUT2D eigenvalue weighted by Crippen LogP contribution is 2.53. The van der Waals surface area contributed by atoms with E-state index < -0.39 is 12.1 Å². The molecule has 1 heterocycles. The van der Waals surface area contributed by atoms with Crippen LogP contribution in [0.5, 0.6) is 5.75 Å². The fraction of sp³-hybridized carbons (Fsp3) is 0.286. The second-order valence-corrected chi connectivity index (χ2v) is 7.36. The quantitative estimate of drug-likeness (QED) is 0.808. The van der Waals surface area contributed by atoms with Gasteiger partial charge in [-0.25, -0.2) is 9.59 Å². The van der Waals surface area contributed by atoms with E-state index >= 15 is 0 Å². The van der Waals surface area contributed by atoms with Crippen LogP contribution in [0.15, 0.2) is 53.6 Å². The molecule has 2 aromatic carbocycles. The molecule has 28 heavy (non-hydrogen) atoms. The Labute approximate surface area is 162 Å². The first kappa shape index (κ1) is 16.8. The van der Waals surface area contributed by atoms with Gasteiger partial charge in [-0.05, 0) is 47.4 Å². The summed E-state index contributed by atoms with van der Waals surface area (Å²) in [6.45, 7) is 0. The first-order chi connectivity index (χ1) is 13.7. The first-order valence-corrected chi connectivity index (χ1v) is 9.33. The van der Waals surface area contributed by atoms with Gasteiger partial charge in [-0.3, -0.25) is 0 Å². The van der Waals surface area contributed by atoms with Crippen molar-refractivity contribution in [3.63, 3.8) is 0 Å². The molecule has 7 nitrogen and oxygen atoms in total. The molecule has 2 aromatic rings. The minimum atomic E-state index is -0.504. The van der Waals surface area contributed by atoms with E-state index in [1.807, 2.05) is 24.3 Å². The number of rotatable bonds is 3. The molecule has 1 aliphatic heterocycles. The van der Waals surface area contributed by atoms with Gasteiger partial charge in [-0.2, -0.15) is 5.10 Å². The fourth-order valence-electron chi connectivity index (χ4n) is 4.72. The molecule has 0 radical (unpaired) electrons. The summed E-state index contributed by atoms with van der Waals surface area (Å²) in [5.41, 5.74) is 3.27. The number of nitrogens with zero attached hydrogens (tertiary/aromatic N) is 2. The molecule has 142 valence electrons. The summed E-state index contributed by atoms with van der Waals surface area (Å²) >= 11 is 0. The van der Waals surface area contributed by atoms with E-state index in [0.29, 0.717) is 0 Å². The lowest BCUT2D eigenvalue weighted by atomic mass is 9.88. The number of imide groups is 1. The third kappa shape index (κ3) is 2.54. The second-order valence-electron chi connectivity index (χ2n) is 7.36. The highest BCUT2D eigenvalue weighted by atomic mass is 16.5. The Kier molecular flexibility index (Phi) is 3.82. The molecular formula is C21H20N4O3. The number of nitrogens with one attached hydrogen (secondary N) is 2. The van der Waals surface area contributed by atoms with E-state index in [0.717, 1.165) is 22.7 Å². The van der Waals surface area contributed by atoms with E-state index in [-0.39, 0.29) is 23.9 Å². The average Bonchev–Trinajstić information content (AvgIpc) is 3.20. The highest BCUT2D eigenvalue weighted by Gasteiger charge is 2.54. The largest absolute Gasteiger partial charge is 0.497 e. The van der Waals surface area contributed by atoms with Crippen LogP contribution in [0.25, 0.3) is 0 Å². The molecule has 4 amide bonds. The van der Waals surface area contributed by atoms with Crippen LogP contribution in [0.2, 0.25) is 0 Å². The van der Waals surface area contributed by atoms with Gasteiger partial charge in [0.25, 0.3) is 0 Å². The number of ether oxygens (including phenoxy) is 1. The monoisotopic (exact) mass is 376 g/mol. The van der Waals surface area contributed by atoms with Crippen LogP contribution in [0.4, 0.5) is 9.59 Å². The van der Waals surface area contributed by atoms with Gasteiger partial charge in [-0.1, -0.05) is 24.3 Å². The van der Waals surface area contributed by atoms with Gasteiger partial charge in [0.2, 0.25) is 0 Å². The SMILES string of the molecule is COc1ccc(/C=N\N2C(=O)N[C@H]3[C@H]4c5ccccc5[C@H]3C[C@@H]4NC2=O)cc1. The molecule has 4 atom stereocenters. The average molecular weight is 376 g/mol. The Morgan fingerprint density at radius 3 is 2.50 bits per heavy atom. The number of benzene rings is 2. The van der Waals surface area contributed by atoms with Crippen molar-refractivity contribution in [2.24, 2.45) is 5.10 Å². The maximum Gasteiger partial charge on any atom is 0.346 e. The lowest BCUT2D eigenvalue weighted by Crippen LogP contribution is -2.55. The zero-order chi connectivity index (χ0) is 19.3. The summed E-state index contributed by atoms with van der Waals surface area (Å²) in [6.07, 6.45) is 2.32. The summed E-state index contributed by atoms with van der Waals surface area (Å²) < 4.78 is 5.13. The lowest BCUT2D eigenvalue weighted by molar-refractivity contribution is 0.177. The number of carbonyl (C=O) groups is 2. The maximum absolute atomic E-state index is 12.8. The number of amides is 4. The predicted molar refractivity (Wildman–Crippen MR) is 104 cm³/mol. The van der Waals surface area contributed by atoms with Crippen molar-refractivity contribution in [1.29, 1.82) is 0 Å². The summed E-state index contributed by atoms with van der Waals surface area (Å²) in [5.74, 6) is 1.06. The van der Waals surface area contributed by atoms with Gasteiger partial charge in [0.05, 0.1) is 13.3 Å². The zero-order valence-corrected chi connectivity index (χ0v) is 15.3. The van der Waals surface area contributed by atoms with E-state index in [2.05, 4.69) is 27.9 Å². The molecule has 7 heteroatoms. The summed E-state index contributed by atoms with van der Waals surface area (Å²) in [7, 11) is 1.59. The standard InChI is InChI=1S/C21H20N4O3/c1-28-13-8-6-12(7-9-13)11-22-25-20(26)23-17-10-16-14-4-2-3-5-15(14)18(17)19(16)24-21(25)27/h2-9,11,16-19H,10H2,1H3,(H,23,26)(H,24,27)/b22-11-/t16-,17+,18+,19-/m1/s1. The number of hydrogen-bond donors (Lipinski definition) is 2. The third-order valence-electron chi connectivity index (χ3n) is 5.94. The molecule has 0 unspecified atom stereocenters. The van der Waals surface area contributed by atoms with Crippen LogP contribution < -0.4 is 15.4 Å². The molecule has 1 saturated carbocycles. The van der Waals surface area contributed by atoms with Gasteiger partial charge in [0.1, 0.15) is 5.75 Å². The predicted octanol–water partition coefficient (Wildman–Crippen LogP) is 2.79. The van der Waals surface area contributed by atoms with Crippen molar-refractivity contribution >= 4 is 18.3 Å². The van der Waals surface area contributed by atoms with Crippen molar-refractivity contribution in [3.8, 4) is 5.75 Å². The summed E-state index contributed by atoms with van der Waals surface area (Å²) in [4.78, 5) is 25.5. The Morgan fingerprint density at radius 2 is 1.75 bits per heavy atom. The second kappa shape index (κ2) is 6.37. The molecule has 3 aliphatic rings. The van der Waals surface area contributed by atoms with Crippen molar-refractivity contribution in [2.45, 2.75) is 30.3 Å². The summed E-state index contributed by atoms with van der Waals surface area (Å²) in [6, 6.07) is 14.4. The van der Waals surface area contributed by atoms with Gasteiger partial charge >= 0.3 is 12.1 Å². The normalized spacial score (nSPS) is 27.8. The van der Waals surface area contributed by atoms with E-state index in [4.69, 9.17) is 4.74 Å². The fourth-order valence-corrected chi connectivity index (χ4v) is 4.72. The molecule has 2 aliphatic carbocycles. The number of methoxy groups -OCH3 is 1. The topological polar surface area (TPSA) is 83.0 Å². The molecule has 0 aromatic heterocycles. The van der Waals surface area contributed by atoms with Crippen molar-refractivity contribution in [2.75, 3.05) is 7.11 Å². The van der Waals surface area contributed by atoms with Crippen LogP contribution in [-0.4, -0.2) is 42.5 Å². The number of fused-ring (bicyclic) bond motifs is 2. The number of urea groups is 2. The van der Waals surface area contributed by atoms with Gasteiger partial charge < -0.3 is 15.4 Å². The first-order valence-electron chi connectivity index (χ1n) is 9.33. The molecule has 0 spiro atoms. The van der Waals surface area contributed by atoms with E-state index in [9.17, 15) is 9.59 Å². The Balaban J connectivity index is 1.39. The van der Waals surface area contributed by atoms with Crippen molar-refractivity contribution in [1.82, 2.24) is 15.6 Å². The molecule has 2 fully saturated rings. The van der Waals surface area contributed by atoms with Gasteiger partial charge in [0, 0.05) is 23.9 Å². The van der Waals surface area contributed by atoms with Crippen LogP contribution in [0, 0.1) is 0 Å². The van der Waals surface area contributed by atoms with E-state index in [1.54, 1.807) is 19.2 Å². The molecule has 1 saturated heterocycles. The van der Waals surface area contributed by atoms with Gasteiger partial charge in [-0.15, -0.1) is 5.01 Å². The van der Waals surface area contributed by atoms with E-state index in [1.165, 1.54) is 17.3 Å². The Morgan fingerprint density at radius 1 is 1.04 bits per heavy atom. The third-order valence-corrected chi connectivity index (χ3v) is 5.94. The molecular weight excluding hydrogens is 356 g/mol. The van der Waals surface area contributed by atoms with Gasteiger partial charge in [0.15, 0.2) is 0 Å². The van der Waals surface area contributed by atoms with Crippen LogP contribution in [-0.2, 0) is 0 Å². The van der Waals surface area contributed by atoms with Crippen LogP contribution >= 0.6 is 0 Å². The highest BCUT2D eigenvalue weighted by molar-refractivity contribution is 5.96. The number of carbonyl (C=O) groups excluding carboxylic acids is 2. The van der Waals surface area contributed by atoms with Crippen LogP contribution in [0.1, 0.15) is 34.9 Å². The smallest absolute Gasteiger partial charge is 0.346 e. The Hall–Kier alpha value is -3.35. The molecule has 5 rings (SSSR count).